The molecule has 25 heavy (non-hydrogen) atoms. The molecule has 0 saturated heterocycles. The zero-order valence-corrected chi connectivity index (χ0v) is 14.0. The average molecular weight is 341 g/mol. The van der Waals surface area contributed by atoms with Gasteiger partial charge in [0.15, 0.2) is 5.82 Å². The molecule has 0 radical (unpaired) electrons. The molecular formula is C19H20FN3O2. The van der Waals surface area contributed by atoms with E-state index >= 15 is 0 Å². The van der Waals surface area contributed by atoms with Crippen LogP contribution < -0.4 is 4.90 Å². The Labute approximate surface area is 145 Å². The maximum absolute atomic E-state index is 14.4. The van der Waals surface area contributed by atoms with Crippen molar-refractivity contribution < 1.29 is 13.7 Å². The molecule has 2 heterocycles. The third-order valence-corrected chi connectivity index (χ3v) is 5.86. The summed E-state index contributed by atoms with van der Waals surface area (Å²) in [4.78, 5) is 18.9. The van der Waals surface area contributed by atoms with Crippen LogP contribution in [0, 0.1) is 5.82 Å². The molecule has 130 valence electrons. The number of carbonyl (C=O) groups is 1. The quantitative estimate of drug-likeness (QED) is 0.854. The fraction of sp³-hybridized carbons (Fsp3) is 0.526. The lowest BCUT2D eigenvalue weighted by molar-refractivity contribution is -0.118. The first-order valence-electron chi connectivity index (χ1n) is 9.08. The minimum absolute atomic E-state index is 0.00166. The Morgan fingerprint density at radius 2 is 2.20 bits per heavy atom. The molecule has 2 aromatic rings. The van der Waals surface area contributed by atoms with E-state index in [1.807, 2.05) is 6.07 Å². The lowest BCUT2D eigenvalue weighted by atomic mass is 9.65. The molecule has 1 amide bonds. The Hall–Kier alpha value is -2.24. The number of nitrogens with zero attached hydrogens (tertiary/aromatic N) is 3. The maximum Gasteiger partial charge on any atom is 0.227 e. The molecule has 0 N–H and O–H groups in total. The summed E-state index contributed by atoms with van der Waals surface area (Å²) in [6.07, 6.45) is 6.00. The van der Waals surface area contributed by atoms with E-state index in [4.69, 9.17) is 4.52 Å². The SMILES string of the molecule is O=C(CCc1nc(C2CC2)no1)N1CC2(CCC2)c2c(F)cccc21. The number of hydrogen-bond donors (Lipinski definition) is 0. The summed E-state index contributed by atoms with van der Waals surface area (Å²) >= 11 is 0. The Balaban J connectivity index is 1.33. The lowest BCUT2D eigenvalue weighted by Gasteiger charge is -2.39. The van der Waals surface area contributed by atoms with Crippen LogP contribution in [0.5, 0.6) is 0 Å². The topological polar surface area (TPSA) is 59.2 Å². The van der Waals surface area contributed by atoms with Gasteiger partial charge in [-0.15, -0.1) is 0 Å². The van der Waals surface area contributed by atoms with Gasteiger partial charge >= 0.3 is 0 Å². The maximum atomic E-state index is 14.4. The second kappa shape index (κ2) is 5.38. The van der Waals surface area contributed by atoms with Gasteiger partial charge in [0.2, 0.25) is 11.8 Å². The summed E-state index contributed by atoms with van der Waals surface area (Å²) in [5.74, 6) is 1.55. The number of halogens is 1. The van der Waals surface area contributed by atoms with Gasteiger partial charge in [0.05, 0.1) is 5.69 Å². The lowest BCUT2D eigenvalue weighted by Crippen LogP contribution is -2.41. The van der Waals surface area contributed by atoms with Crippen molar-refractivity contribution in [3.8, 4) is 0 Å². The number of rotatable bonds is 4. The fourth-order valence-electron chi connectivity index (χ4n) is 4.19. The van der Waals surface area contributed by atoms with Crippen LogP contribution in [0.1, 0.15) is 61.7 Å². The first kappa shape index (κ1) is 15.0. The van der Waals surface area contributed by atoms with Gasteiger partial charge in [-0.3, -0.25) is 4.79 Å². The molecule has 2 saturated carbocycles. The van der Waals surface area contributed by atoms with Crippen molar-refractivity contribution in [3.63, 3.8) is 0 Å². The van der Waals surface area contributed by atoms with E-state index in [-0.39, 0.29) is 17.1 Å². The normalized spacial score (nSPS) is 20.6. The van der Waals surface area contributed by atoms with Crippen LogP contribution in [0.15, 0.2) is 22.7 Å². The highest BCUT2D eigenvalue weighted by Crippen LogP contribution is 2.53. The molecule has 0 bridgehead atoms. The van der Waals surface area contributed by atoms with Crippen molar-refractivity contribution >= 4 is 11.6 Å². The number of hydrogen-bond acceptors (Lipinski definition) is 4. The van der Waals surface area contributed by atoms with Crippen LogP contribution in [-0.2, 0) is 16.6 Å². The van der Waals surface area contributed by atoms with E-state index in [0.29, 0.717) is 31.2 Å². The number of amides is 1. The fourth-order valence-corrected chi connectivity index (χ4v) is 4.19. The van der Waals surface area contributed by atoms with E-state index < -0.39 is 0 Å². The summed E-state index contributed by atoms with van der Waals surface area (Å²) in [5, 5.41) is 3.99. The van der Waals surface area contributed by atoms with Crippen LogP contribution >= 0.6 is 0 Å². The van der Waals surface area contributed by atoms with Crippen molar-refractivity contribution in [3.05, 3.63) is 41.3 Å². The molecule has 1 spiro atoms. The van der Waals surface area contributed by atoms with E-state index in [9.17, 15) is 9.18 Å². The summed E-state index contributed by atoms with van der Waals surface area (Å²) in [7, 11) is 0. The molecular weight excluding hydrogens is 321 g/mol. The summed E-state index contributed by atoms with van der Waals surface area (Å²) < 4.78 is 19.7. The van der Waals surface area contributed by atoms with E-state index in [2.05, 4.69) is 10.1 Å². The third kappa shape index (κ3) is 2.38. The highest BCUT2D eigenvalue weighted by Gasteiger charge is 2.50. The number of carbonyl (C=O) groups excluding carboxylic acids is 1. The molecule has 1 aromatic heterocycles. The number of fused-ring (bicyclic) bond motifs is 2. The highest BCUT2D eigenvalue weighted by atomic mass is 19.1. The highest BCUT2D eigenvalue weighted by molar-refractivity contribution is 5.96. The van der Waals surface area contributed by atoms with Crippen LogP contribution in [0.3, 0.4) is 0 Å². The smallest absolute Gasteiger partial charge is 0.227 e. The van der Waals surface area contributed by atoms with Gasteiger partial charge in [0, 0.05) is 36.3 Å². The van der Waals surface area contributed by atoms with Crippen molar-refractivity contribution in [2.45, 2.75) is 56.3 Å². The van der Waals surface area contributed by atoms with E-state index in [0.717, 1.165) is 49.2 Å². The molecule has 2 aliphatic carbocycles. The van der Waals surface area contributed by atoms with Crippen LogP contribution in [0.4, 0.5) is 10.1 Å². The molecule has 1 aliphatic heterocycles. The molecule has 2 fully saturated rings. The molecule has 0 atom stereocenters. The number of benzene rings is 1. The van der Waals surface area contributed by atoms with Gasteiger partial charge in [0.1, 0.15) is 5.82 Å². The monoisotopic (exact) mass is 341 g/mol. The van der Waals surface area contributed by atoms with Crippen molar-refractivity contribution in [2.75, 3.05) is 11.4 Å². The molecule has 6 heteroatoms. The minimum Gasteiger partial charge on any atom is -0.339 e. The molecule has 0 unspecified atom stereocenters. The van der Waals surface area contributed by atoms with Crippen molar-refractivity contribution in [1.82, 2.24) is 10.1 Å². The number of anilines is 1. The second-order valence-electron chi connectivity index (χ2n) is 7.57. The van der Waals surface area contributed by atoms with Gasteiger partial charge in [0.25, 0.3) is 0 Å². The summed E-state index contributed by atoms with van der Waals surface area (Å²) in [6.45, 7) is 0.596. The van der Waals surface area contributed by atoms with Gasteiger partial charge in [-0.1, -0.05) is 17.6 Å². The van der Waals surface area contributed by atoms with Crippen LogP contribution in [0.2, 0.25) is 0 Å². The van der Waals surface area contributed by atoms with Gasteiger partial charge in [-0.25, -0.2) is 4.39 Å². The summed E-state index contributed by atoms with van der Waals surface area (Å²) in [6, 6.07) is 5.05. The third-order valence-electron chi connectivity index (χ3n) is 5.86. The van der Waals surface area contributed by atoms with Crippen molar-refractivity contribution in [1.29, 1.82) is 0 Å². The number of aryl methyl sites for hydroxylation is 1. The summed E-state index contributed by atoms with van der Waals surface area (Å²) in [5.41, 5.74) is 1.32. The molecule has 5 rings (SSSR count). The molecule has 1 aromatic carbocycles. The van der Waals surface area contributed by atoms with Crippen molar-refractivity contribution in [2.24, 2.45) is 0 Å². The van der Waals surface area contributed by atoms with Gasteiger partial charge in [-0.05, 0) is 37.8 Å². The van der Waals surface area contributed by atoms with E-state index in [1.54, 1.807) is 11.0 Å². The second-order valence-corrected chi connectivity index (χ2v) is 7.57. The van der Waals surface area contributed by atoms with Gasteiger partial charge in [-0.2, -0.15) is 4.98 Å². The van der Waals surface area contributed by atoms with Crippen LogP contribution in [0.25, 0.3) is 0 Å². The number of aromatic nitrogens is 2. The Morgan fingerprint density at radius 3 is 2.92 bits per heavy atom. The largest absolute Gasteiger partial charge is 0.339 e. The predicted molar refractivity (Wildman–Crippen MR) is 88.9 cm³/mol. The zero-order chi connectivity index (χ0) is 17.0. The predicted octanol–water partition coefficient (Wildman–Crippen LogP) is 3.49. The molecule has 5 nitrogen and oxygen atoms in total. The Morgan fingerprint density at radius 1 is 1.36 bits per heavy atom. The first-order valence-corrected chi connectivity index (χ1v) is 9.08. The Bertz CT molecular complexity index is 839. The van der Waals surface area contributed by atoms with Crippen LogP contribution in [-0.4, -0.2) is 22.6 Å². The minimum atomic E-state index is -0.182. The average Bonchev–Trinajstić information content (AvgIpc) is 3.19. The standard InChI is InChI=1S/C19H20FN3O2/c20-13-3-1-4-14-17(13)19(9-2-10-19)11-23(14)16(24)8-7-15-21-18(22-25-15)12-5-6-12/h1,3-4,12H,2,5-11H2. The Kier molecular flexibility index (Phi) is 3.24. The van der Waals surface area contributed by atoms with E-state index in [1.165, 1.54) is 6.07 Å². The van der Waals surface area contributed by atoms with Gasteiger partial charge < -0.3 is 9.42 Å². The zero-order valence-electron chi connectivity index (χ0n) is 14.0. The molecule has 3 aliphatic rings. The first-order chi connectivity index (χ1) is 12.2.